The Hall–Kier alpha value is -2.23. The number of nitrogens with zero attached hydrogens (tertiary/aromatic N) is 2. The second kappa shape index (κ2) is 8.02. The first-order chi connectivity index (χ1) is 13.2. The summed E-state index contributed by atoms with van der Waals surface area (Å²) >= 11 is 0. The smallest absolute Gasteiger partial charge is 0.410 e. The molecule has 0 atom stereocenters. The molecule has 2 aromatic rings. The molecule has 1 aromatic heterocycles. The lowest BCUT2D eigenvalue weighted by molar-refractivity contribution is 0.00923. The van der Waals surface area contributed by atoms with Crippen molar-refractivity contribution in [2.45, 2.75) is 58.5 Å². The fourth-order valence-corrected chi connectivity index (χ4v) is 4.34. The number of aryl methyl sites for hydroxylation is 2. The second-order valence-electron chi connectivity index (χ2n) is 9.24. The second-order valence-corrected chi connectivity index (χ2v) is 9.24. The summed E-state index contributed by atoms with van der Waals surface area (Å²) in [5.74, 6) is 0. The van der Waals surface area contributed by atoms with E-state index in [4.69, 9.17) is 4.74 Å². The maximum absolute atomic E-state index is 12.4. The summed E-state index contributed by atoms with van der Waals surface area (Å²) in [5.41, 5.74) is 2.48. The zero-order chi connectivity index (χ0) is 20.4. The molecule has 0 N–H and O–H groups in total. The number of likely N-dealkylation sites (tertiary alicyclic amines) is 1. The van der Waals surface area contributed by atoms with E-state index < -0.39 is 5.60 Å². The molecule has 1 amide bonds. The molecule has 0 saturated carbocycles. The molecule has 0 bridgehead atoms. The number of hydrogen-bond donors (Lipinski definition) is 0. The van der Waals surface area contributed by atoms with Gasteiger partial charge in [-0.05, 0) is 76.0 Å². The van der Waals surface area contributed by atoms with Crippen LogP contribution >= 0.6 is 0 Å². The van der Waals surface area contributed by atoms with Crippen LogP contribution in [0, 0.1) is 5.41 Å². The van der Waals surface area contributed by atoms with Crippen LogP contribution in [0.3, 0.4) is 0 Å². The first-order valence-corrected chi connectivity index (χ1v) is 10.3. The van der Waals surface area contributed by atoms with Gasteiger partial charge in [0.2, 0.25) is 0 Å². The van der Waals surface area contributed by atoms with Crippen LogP contribution in [0.5, 0.6) is 0 Å². The molecule has 3 rings (SSSR count). The molecule has 2 heterocycles. The molecule has 1 aliphatic heterocycles. The molecule has 152 valence electrons. The highest BCUT2D eigenvalue weighted by molar-refractivity contribution is 5.83. The molecule has 0 aliphatic carbocycles. The van der Waals surface area contributed by atoms with E-state index in [1.807, 2.05) is 31.7 Å². The van der Waals surface area contributed by atoms with Gasteiger partial charge in [0.15, 0.2) is 0 Å². The molecule has 0 spiro atoms. The zero-order valence-electron chi connectivity index (χ0n) is 17.8. The first kappa shape index (κ1) is 20.5. The molecule has 1 fully saturated rings. The SMILES string of the molecule is C=CCC1(CCc2cccc3c2ccn3C)CCN(C(=O)OC(C)(C)C)CC1. The predicted octanol–water partition coefficient (Wildman–Crippen LogP) is 5.70. The van der Waals surface area contributed by atoms with Gasteiger partial charge in [-0.1, -0.05) is 18.2 Å². The van der Waals surface area contributed by atoms with Crippen molar-refractivity contribution in [3.8, 4) is 0 Å². The molecule has 28 heavy (non-hydrogen) atoms. The Morgan fingerprint density at radius 3 is 2.61 bits per heavy atom. The normalized spacial score (nSPS) is 16.9. The standard InChI is InChI=1S/C24H34N2O2/c1-6-12-24(14-17-26(18-15-24)22(27)28-23(2,3)4)13-10-19-8-7-9-21-20(19)11-16-25(21)5/h6-9,11,16H,1,10,12-15,17-18H2,2-5H3. The molecule has 1 aromatic carbocycles. The van der Waals surface area contributed by atoms with E-state index in [2.05, 4.69) is 48.7 Å². The Bertz CT molecular complexity index is 836. The summed E-state index contributed by atoms with van der Waals surface area (Å²) in [6.07, 6.45) is 9.18. The number of hydrogen-bond acceptors (Lipinski definition) is 2. The number of carbonyl (C=O) groups excluding carboxylic acids is 1. The summed E-state index contributed by atoms with van der Waals surface area (Å²) in [5, 5.41) is 1.35. The lowest BCUT2D eigenvalue weighted by Gasteiger charge is -2.42. The van der Waals surface area contributed by atoms with E-state index in [1.165, 1.54) is 16.5 Å². The summed E-state index contributed by atoms with van der Waals surface area (Å²) < 4.78 is 7.73. The van der Waals surface area contributed by atoms with Crippen LogP contribution in [0.2, 0.25) is 0 Å². The number of rotatable bonds is 5. The maximum Gasteiger partial charge on any atom is 0.410 e. The molecule has 0 unspecified atom stereocenters. The monoisotopic (exact) mass is 382 g/mol. The van der Waals surface area contributed by atoms with Gasteiger partial charge in [-0.25, -0.2) is 4.79 Å². The van der Waals surface area contributed by atoms with Gasteiger partial charge in [0.25, 0.3) is 0 Å². The van der Waals surface area contributed by atoms with Gasteiger partial charge in [-0.2, -0.15) is 0 Å². The molecule has 4 nitrogen and oxygen atoms in total. The Labute approximate surface area is 169 Å². The maximum atomic E-state index is 12.4. The van der Waals surface area contributed by atoms with Gasteiger partial charge in [0.1, 0.15) is 5.60 Å². The summed E-state index contributed by atoms with van der Waals surface area (Å²) in [6, 6.07) is 8.80. The summed E-state index contributed by atoms with van der Waals surface area (Å²) in [6.45, 7) is 11.3. The minimum Gasteiger partial charge on any atom is -0.444 e. The minimum atomic E-state index is -0.443. The van der Waals surface area contributed by atoms with Gasteiger partial charge in [-0.15, -0.1) is 6.58 Å². The van der Waals surface area contributed by atoms with Crippen molar-refractivity contribution in [3.63, 3.8) is 0 Å². The van der Waals surface area contributed by atoms with Gasteiger partial charge in [-0.3, -0.25) is 0 Å². The highest BCUT2D eigenvalue weighted by Crippen LogP contribution is 2.40. The van der Waals surface area contributed by atoms with Crippen LogP contribution in [-0.2, 0) is 18.2 Å². The predicted molar refractivity (Wildman–Crippen MR) is 116 cm³/mol. The van der Waals surface area contributed by atoms with Gasteiger partial charge in [0.05, 0.1) is 0 Å². The minimum absolute atomic E-state index is 0.186. The third-order valence-electron chi connectivity index (χ3n) is 6.00. The fraction of sp³-hybridized carbons (Fsp3) is 0.542. The lowest BCUT2D eigenvalue weighted by Crippen LogP contribution is -2.45. The number of benzene rings is 1. The van der Waals surface area contributed by atoms with Crippen molar-refractivity contribution in [3.05, 3.63) is 48.7 Å². The molecule has 1 aliphatic rings. The summed E-state index contributed by atoms with van der Waals surface area (Å²) in [7, 11) is 2.09. The Balaban J connectivity index is 1.67. The third-order valence-corrected chi connectivity index (χ3v) is 6.00. The van der Waals surface area contributed by atoms with Crippen LogP contribution in [0.15, 0.2) is 43.1 Å². The van der Waals surface area contributed by atoms with Crippen molar-refractivity contribution in [2.24, 2.45) is 12.5 Å². The van der Waals surface area contributed by atoms with Crippen LogP contribution in [0.25, 0.3) is 10.9 Å². The molecule has 0 radical (unpaired) electrons. The number of fused-ring (bicyclic) bond motifs is 1. The molecular weight excluding hydrogens is 348 g/mol. The van der Waals surface area contributed by atoms with E-state index in [0.717, 1.165) is 45.2 Å². The average Bonchev–Trinajstić information content (AvgIpc) is 3.01. The lowest BCUT2D eigenvalue weighted by atomic mass is 9.72. The zero-order valence-corrected chi connectivity index (χ0v) is 17.8. The van der Waals surface area contributed by atoms with Gasteiger partial charge >= 0.3 is 6.09 Å². The number of carbonyl (C=O) groups is 1. The van der Waals surface area contributed by atoms with E-state index >= 15 is 0 Å². The van der Waals surface area contributed by atoms with E-state index in [1.54, 1.807) is 0 Å². The van der Waals surface area contributed by atoms with Gasteiger partial charge in [0, 0.05) is 37.2 Å². The van der Waals surface area contributed by atoms with Crippen LogP contribution in [0.4, 0.5) is 4.79 Å². The van der Waals surface area contributed by atoms with E-state index in [0.29, 0.717) is 0 Å². The molecule has 4 heteroatoms. The number of ether oxygens (including phenoxy) is 1. The number of aromatic nitrogens is 1. The first-order valence-electron chi connectivity index (χ1n) is 10.3. The highest BCUT2D eigenvalue weighted by atomic mass is 16.6. The van der Waals surface area contributed by atoms with E-state index in [-0.39, 0.29) is 11.5 Å². The topological polar surface area (TPSA) is 34.5 Å². The molecular formula is C24H34N2O2. The summed E-state index contributed by atoms with van der Waals surface area (Å²) in [4.78, 5) is 14.3. The number of piperidine rings is 1. The largest absolute Gasteiger partial charge is 0.444 e. The van der Waals surface area contributed by atoms with Crippen molar-refractivity contribution in [1.29, 1.82) is 0 Å². The van der Waals surface area contributed by atoms with Crippen molar-refractivity contribution < 1.29 is 9.53 Å². The Kier molecular flexibility index (Phi) is 5.87. The average molecular weight is 383 g/mol. The number of allylic oxidation sites excluding steroid dienone is 1. The van der Waals surface area contributed by atoms with Gasteiger partial charge < -0.3 is 14.2 Å². The highest BCUT2D eigenvalue weighted by Gasteiger charge is 2.36. The Morgan fingerprint density at radius 1 is 1.25 bits per heavy atom. The van der Waals surface area contributed by atoms with Crippen molar-refractivity contribution in [2.75, 3.05) is 13.1 Å². The Morgan fingerprint density at radius 2 is 1.96 bits per heavy atom. The van der Waals surface area contributed by atoms with Crippen LogP contribution < -0.4 is 0 Å². The third kappa shape index (κ3) is 4.60. The van der Waals surface area contributed by atoms with E-state index in [9.17, 15) is 4.79 Å². The van der Waals surface area contributed by atoms with Crippen molar-refractivity contribution >= 4 is 17.0 Å². The quantitative estimate of drug-likeness (QED) is 0.621. The van der Waals surface area contributed by atoms with Crippen LogP contribution in [-0.4, -0.2) is 34.3 Å². The van der Waals surface area contributed by atoms with Crippen LogP contribution in [0.1, 0.15) is 52.0 Å². The fourth-order valence-electron chi connectivity index (χ4n) is 4.34. The molecule has 1 saturated heterocycles. The number of amides is 1. The van der Waals surface area contributed by atoms with Crippen molar-refractivity contribution in [1.82, 2.24) is 9.47 Å².